The number of anilines is 1. The number of nitrogens with one attached hydrogen (secondary N) is 2. The Morgan fingerprint density at radius 1 is 1.28 bits per heavy atom. The van der Waals surface area contributed by atoms with Crippen molar-refractivity contribution in [3.63, 3.8) is 0 Å². The number of H-pyrrole nitrogens is 1. The highest BCUT2D eigenvalue weighted by Gasteiger charge is 2.06. The molecule has 5 heteroatoms. The maximum absolute atomic E-state index is 11.9. The summed E-state index contributed by atoms with van der Waals surface area (Å²) >= 11 is 3.35. The normalized spacial score (nSPS) is 10.1. The molecule has 1 aromatic carbocycles. The summed E-state index contributed by atoms with van der Waals surface area (Å²) in [4.78, 5) is 25.5. The minimum atomic E-state index is -0.298. The van der Waals surface area contributed by atoms with Crippen LogP contribution in [0.5, 0.6) is 0 Å². The standard InChI is InChI=1S/C13H11BrN2O2/c14-8-9-2-1-3-11(6-9)16-13(18)10-4-5-15-12(17)7-10/h1-7H,8H2,(H,15,17)(H,16,18). The van der Waals surface area contributed by atoms with E-state index in [2.05, 4.69) is 26.2 Å². The van der Waals surface area contributed by atoms with Gasteiger partial charge >= 0.3 is 0 Å². The van der Waals surface area contributed by atoms with E-state index in [0.29, 0.717) is 11.3 Å². The van der Waals surface area contributed by atoms with Crippen molar-refractivity contribution in [3.05, 3.63) is 64.1 Å². The Bertz CT molecular complexity index is 622. The highest BCUT2D eigenvalue weighted by molar-refractivity contribution is 9.08. The zero-order chi connectivity index (χ0) is 13.0. The van der Waals surface area contributed by atoms with E-state index in [4.69, 9.17) is 0 Å². The number of hydrogen-bond donors (Lipinski definition) is 2. The summed E-state index contributed by atoms with van der Waals surface area (Å²) in [6, 6.07) is 10.3. The van der Waals surface area contributed by atoms with Crippen molar-refractivity contribution in [2.75, 3.05) is 5.32 Å². The molecule has 0 radical (unpaired) electrons. The van der Waals surface area contributed by atoms with Crippen molar-refractivity contribution >= 4 is 27.5 Å². The van der Waals surface area contributed by atoms with Gasteiger partial charge in [-0.25, -0.2) is 0 Å². The molecule has 2 aromatic rings. The fourth-order valence-electron chi connectivity index (χ4n) is 1.52. The Morgan fingerprint density at radius 3 is 2.83 bits per heavy atom. The number of alkyl halides is 1. The van der Waals surface area contributed by atoms with Crippen molar-refractivity contribution in [1.29, 1.82) is 0 Å². The van der Waals surface area contributed by atoms with Crippen LogP contribution in [0.15, 0.2) is 47.4 Å². The van der Waals surface area contributed by atoms with Crippen LogP contribution in [0.25, 0.3) is 0 Å². The molecule has 0 spiro atoms. The van der Waals surface area contributed by atoms with Crippen molar-refractivity contribution in [2.24, 2.45) is 0 Å². The number of carbonyl (C=O) groups is 1. The van der Waals surface area contributed by atoms with Gasteiger partial charge in [-0.2, -0.15) is 0 Å². The molecule has 0 bridgehead atoms. The summed E-state index contributed by atoms with van der Waals surface area (Å²) in [6.45, 7) is 0. The summed E-state index contributed by atoms with van der Waals surface area (Å²) in [7, 11) is 0. The molecule has 0 saturated heterocycles. The Balaban J connectivity index is 2.18. The average molecular weight is 307 g/mol. The van der Waals surface area contributed by atoms with E-state index in [-0.39, 0.29) is 11.5 Å². The molecule has 18 heavy (non-hydrogen) atoms. The van der Waals surface area contributed by atoms with Gasteiger partial charge in [0.1, 0.15) is 0 Å². The summed E-state index contributed by atoms with van der Waals surface area (Å²) in [5.41, 5.74) is 1.82. The van der Waals surface area contributed by atoms with E-state index in [9.17, 15) is 9.59 Å². The van der Waals surface area contributed by atoms with E-state index in [1.807, 2.05) is 18.2 Å². The van der Waals surface area contributed by atoms with Gasteiger partial charge < -0.3 is 10.3 Å². The zero-order valence-electron chi connectivity index (χ0n) is 9.44. The van der Waals surface area contributed by atoms with Crippen LogP contribution >= 0.6 is 15.9 Å². The summed E-state index contributed by atoms with van der Waals surface area (Å²) in [5.74, 6) is -0.298. The number of hydrogen-bond acceptors (Lipinski definition) is 2. The number of pyridine rings is 1. The van der Waals surface area contributed by atoms with Gasteiger partial charge in [-0.3, -0.25) is 9.59 Å². The first-order valence-corrected chi connectivity index (χ1v) is 6.46. The topological polar surface area (TPSA) is 62.0 Å². The number of benzene rings is 1. The van der Waals surface area contributed by atoms with Crippen LogP contribution in [0.1, 0.15) is 15.9 Å². The van der Waals surface area contributed by atoms with Crippen LogP contribution in [0.3, 0.4) is 0 Å². The van der Waals surface area contributed by atoms with Crippen LogP contribution in [0, 0.1) is 0 Å². The molecule has 0 aliphatic carbocycles. The summed E-state index contributed by atoms with van der Waals surface area (Å²) in [5, 5.41) is 3.47. The van der Waals surface area contributed by atoms with Gasteiger partial charge in [-0.1, -0.05) is 28.1 Å². The van der Waals surface area contributed by atoms with Gasteiger partial charge in [-0.05, 0) is 23.8 Å². The molecule has 2 N–H and O–H groups in total. The van der Waals surface area contributed by atoms with Crippen LogP contribution in [-0.2, 0) is 5.33 Å². The lowest BCUT2D eigenvalue weighted by molar-refractivity contribution is 0.102. The van der Waals surface area contributed by atoms with Crippen LogP contribution in [0.2, 0.25) is 0 Å². The number of aromatic amines is 1. The van der Waals surface area contributed by atoms with E-state index in [1.165, 1.54) is 12.3 Å². The first-order chi connectivity index (χ1) is 8.69. The lowest BCUT2D eigenvalue weighted by atomic mass is 10.2. The van der Waals surface area contributed by atoms with E-state index in [1.54, 1.807) is 12.1 Å². The molecule has 1 aromatic heterocycles. The predicted molar refractivity (Wildman–Crippen MR) is 74.1 cm³/mol. The van der Waals surface area contributed by atoms with Crippen LogP contribution in [0.4, 0.5) is 5.69 Å². The quantitative estimate of drug-likeness (QED) is 0.856. The SMILES string of the molecule is O=C(Nc1cccc(CBr)c1)c1cc[nH]c(=O)c1. The molecule has 1 heterocycles. The van der Waals surface area contributed by atoms with Gasteiger partial charge in [-0.15, -0.1) is 0 Å². The average Bonchev–Trinajstić information content (AvgIpc) is 2.39. The van der Waals surface area contributed by atoms with Crippen LogP contribution in [-0.4, -0.2) is 10.9 Å². The van der Waals surface area contributed by atoms with Crippen molar-refractivity contribution in [3.8, 4) is 0 Å². The number of halogens is 1. The largest absolute Gasteiger partial charge is 0.329 e. The number of rotatable bonds is 3. The van der Waals surface area contributed by atoms with E-state index < -0.39 is 0 Å². The third-order valence-corrected chi connectivity index (χ3v) is 3.02. The number of carbonyl (C=O) groups excluding carboxylic acids is 1. The Morgan fingerprint density at radius 2 is 2.11 bits per heavy atom. The van der Waals surface area contributed by atoms with Gasteiger partial charge in [0.15, 0.2) is 0 Å². The van der Waals surface area contributed by atoms with Crippen molar-refractivity contribution in [1.82, 2.24) is 4.98 Å². The number of amides is 1. The number of aromatic nitrogens is 1. The summed E-state index contributed by atoms with van der Waals surface area (Å²) < 4.78 is 0. The fourth-order valence-corrected chi connectivity index (χ4v) is 1.87. The molecular weight excluding hydrogens is 296 g/mol. The van der Waals surface area contributed by atoms with E-state index in [0.717, 1.165) is 10.9 Å². The first kappa shape index (κ1) is 12.6. The molecular formula is C13H11BrN2O2. The van der Waals surface area contributed by atoms with E-state index >= 15 is 0 Å². The third kappa shape index (κ3) is 3.07. The molecule has 0 atom stereocenters. The second kappa shape index (κ2) is 5.64. The molecule has 0 aliphatic rings. The smallest absolute Gasteiger partial charge is 0.255 e. The second-order valence-corrected chi connectivity index (χ2v) is 4.29. The van der Waals surface area contributed by atoms with Gasteiger partial charge in [0.25, 0.3) is 5.91 Å². The second-order valence-electron chi connectivity index (χ2n) is 3.73. The summed E-state index contributed by atoms with van der Waals surface area (Å²) in [6.07, 6.45) is 1.45. The lowest BCUT2D eigenvalue weighted by Gasteiger charge is -2.06. The predicted octanol–water partition coefficient (Wildman–Crippen LogP) is 2.52. The maximum Gasteiger partial charge on any atom is 0.255 e. The van der Waals surface area contributed by atoms with Crippen molar-refractivity contribution in [2.45, 2.75) is 5.33 Å². The van der Waals surface area contributed by atoms with Gasteiger partial charge in [0, 0.05) is 28.8 Å². The van der Waals surface area contributed by atoms with Crippen molar-refractivity contribution < 1.29 is 4.79 Å². The highest BCUT2D eigenvalue weighted by Crippen LogP contribution is 2.13. The molecule has 1 amide bonds. The molecule has 0 unspecified atom stereocenters. The Kier molecular flexibility index (Phi) is 3.94. The van der Waals surface area contributed by atoms with Gasteiger partial charge in [0.05, 0.1) is 0 Å². The Labute approximate surface area is 112 Å². The molecule has 92 valence electrons. The van der Waals surface area contributed by atoms with Crippen LogP contribution < -0.4 is 10.9 Å². The molecule has 0 saturated carbocycles. The maximum atomic E-state index is 11.9. The lowest BCUT2D eigenvalue weighted by Crippen LogP contribution is -2.15. The molecule has 0 fully saturated rings. The minimum Gasteiger partial charge on any atom is -0.329 e. The molecule has 4 nitrogen and oxygen atoms in total. The monoisotopic (exact) mass is 306 g/mol. The minimum absolute atomic E-state index is 0.295. The zero-order valence-corrected chi connectivity index (χ0v) is 11.0. The third-order valence-electron chi connectivity index (χ3n) is 2.38. The fraction of sp³-hybridized carbons (Fsp3) is 0.0769. The molecule has 0 aliphatic heterocycles. The first-order valence-electron chi connectivity index (χ1n) is 5.34. The highest BCUT2D eigenvalue weighted by atomic mass is 79.9. The van der Waals surface area contributed by atoms with Gasteiger partial charge in [0.2, 0.25) is 5.56 Å². The molecule has 2 rings (SSSR count). The Hall–Kier alpha value is -1.88.